The van der Waals surface area contributed by atoms with E-state index in [1.54, 1.807) is 6.92 Å². The molecule has 2 atom stereocenters. The van der Waals surface area contributed by atoms with Gasteiger partial charge in [-0.05, 0) is 19.3 Å². The lowest BCUT2D eigenvalue weighted by Crippen LogP contribution is -2.23. The van der Waals surface area contributed by atoms with Crippen LogP contribution in [0.4, 0.5) is 0 Å². The van der Waals surface area contributed by atoms with Gasteiger partial charge in [0.05, 0.1) is 5.25 Å². The summed E-state index contributed by atoms with van der Waals surface area (Å²) in [6.45, 7) is 4.06. The van der Waals surface area contributed by atoms with Crippen molar-refractivity contribution in [3.05, 3.63) is 0 Å². The lowest BCUT2D eigenvalue weighted by Gasteiger charge is -2.16. The van der Waals surface area contributed by atoms with Crippen molar-refractivity contribution < 1.29 is 13.0 Å². The molecule has 0 bridgehead atoms. The van der Waals surface area contributed by atoms with Gasteiger partial charge in [0.2, 0.25) is 0 Å². The van der Waals surface area contributed by atoms with Crippen molar-refractivity contribution in [2.75, 3.05) is 0 Å². The van der Waals surface area contributed by atoms with Gasteiger partial charge >= 0.3 is 0 Å². The Morgan fingerprint density at radius 2 is 1.16 bits per heavy atom. The third kappa shape index (κ3) is 16.2. The van der Waals surface area contributed by atoms with Crippen molar-refractivity contribution in [1.82, 2.24) is 0 Å². The first kappa shape index (κ1) is 25.3. The van der Waals surface area contributed by atoms with Gasteiger partial charge in [-0.2, -0.15) is 21.0 Å². The summed E-state index contributed by atoms with van der Waals surface area (Å²) in [5.41, 5.74) is 0. The predicted molar refractivity (Wildman–Crippen MR) is 113 cm³/mol. The molecule has 0 aliphatic carbocycles. The second kappa shape index (κ2) is 16.4. The molecule has 0 spiro atoms. The topological polar surface area (TPSA) is 54.4 Å². The van der Waals surface area contributed by atoms with Crippen molar-refractivity contribution in [3.8, 4) is 0 Å². The summed E-state index contributed by atoms with van der Waals surface area (Å²) in [4.78, 5) is 0. The Balaban J connectivity index is 3.40. The van der Waals surface area contributed by atoms with Gasteiger partial charge in [-0.25, -0.2) is 0 Å². The molecule has 0 saturated heterocycles. The van der Waals surface area contributed by atoms with Crippen LogP contribution in [-0.2, 0) is 10.1 Å². The van der Waals surface area contributed by atoms with Crippen LogP contribution < -0.4 is 0 Å². The molecular formula is C20H42O3S2. The largest absolute Gasteiger partial charge is 0.285 e. The van der Waals surface area contributed by atoms with Crippen LogP contribution in [0.2, 0.25) is 0 Å². The third-order valence-corrected chi connectivity index (χ3v) is 6.89. The standard InChI is InChI=1S/C20H42O3S2/c1-3-5-6-7-8-9-10-11-12-13-14-15-16-17-19(24)18-20(4-2)25(21,22)23/h19-20,24H,3-18H2,1-2H3,(H,21,22,23). The van der Waals surface area contributed by atoms with Crippen LogP contribution in [0.5, 0.6) is 0 Å². The molecule has 25 heavy (non-hydrogen) atoms. The zero-order chi connectivity index (χ0) is 19.0. The first-order valence-electron chi connectivity index (χ1n) is 10.6. The Hall–Kier alpha value is 0.260. The zero-order valence-corrected chi connectivity index (χ0v) is 18.3. The summed E-state index contributed by atoms with van der Waals surface area (Å²) >= 11 is 4.49. The van der Waals surface area contributed by atoms with E-state index in [-0.39, 0.29) is 5.25 Å². The fourth-order valence-corrected chi connectivity index (χ4v) is 4.79. The van der Waals surface area contributed by atoms with E-state index in [9.17, 15) is 8.42 Å². The number of hydrogen-bond donors (Lipinski definition) is 2. The van der Waals surface area contributed by atoms with E-state index in [0.29, 0.717) is 12.8 Å². The molecule has 1 N–H and O–H groups in total. The number of rotatable bonds is 18. The quantitative estimate of drug-likeness (QED) is 0.152. The molecule has 3 nitrogen and oxygen atoms in total. The van der Waals surface area contributed by atoms with Crippen LogP contribution in [0.25, 0.3) is 0 Å². The highest BCUT2D eigenvalue weighted by atomic mass is 32.2. The molecule has 0 fully saturated rings. The molecule has 0 amide bonds. The van der Waals surface area contributed by atoms with Crippen LogP contribution in [0, 0.1) is 0 Å². The average Bonchev–Trinajstić information content (AvgIpc) is 2.55. The molecule has 2 unspecified atom stereocenters. The van der Waals surface area contributed by atoms with Gasteiger partial charge in [-0.3, -0.25) is 4.55 Å². The van der Waals surface area contributed by atoms with Crippen molar-refractivity contribution in [2.45, 2.75) is 127 Å². The van der Waals surface area contributed by atoms with E-state index in [4.69, 9.17) is 4.55 Å². The van der Waals surface area contributed by atoms with E-state index in [2.05, 4.69) is 19.6 Å². The average molecular weight is 395 g/mol. The molecule has 0 heterocycles. The number of unbranched alkanes of at least 4 members (excludes halogenated alkanes) is 12. The second-order valence-electron chi connectivity index (χ2n) is 7.47. The minimum atomic E-state index is -3.92. The van der Waals surface area contributed by atoms with Gasteiger partial charge < -0.3 is 0 Å². The Bertz CT molecular complexity index is 382. The molecule has 0 aromatic heterocycles. The van der Waals surface area contributed by atoms with Gasteiger partial charge in [-0.15, -0.1) is 0 Å². The molecular weight excluding hydrogens is 352 g/mol. The molecule has 0 saturated carbocycles. The summed E-state index contributed by atoms with van der Waals surface area (Å²) in [7, 11) is -3.92. The Labute approximate surface area is 162 Å². The predicted octanol–water partition coefficient (Wildman–Crippen LogP) is 6.82. The normalized spacial score (nSPS) is 14.6. The summed E-state index contributed by atoms with van der Waals surface area (Å²) in [6.07, 6.45) is 19.2. The van der Waals surface area contributed by atoms with Crippen LogP contribution in [-0.4, -0.2) is 23.5 Å². The Kier molecular flexibility index (Phi) is 16.6. The molecule has 0 aliphatic rings. The summed E-state index contributed by atoms with van der Waals surface area (Å²) < 4.78 is 31.6. The highest BCUT2D eigenvalue weighted by Gasteiger charge is 2.23. The molecule has 152 valence electrons. The van der Waals surface area contributed by atoms with Crippen molar-refractivity contribution in [3.63, 3.8) is 0 Å². The SMILES string of the molecule is CCCCCCCCCCCCCCCC(S)CC(CC)S(=O)(=O)O. The first-order chi connectivity index (χ1) is 11.9. The zero-order valence-electron chi connectivity index (χ0n) is 16.6. The molecule has 0 aromatic rings. The Morgan fingerprint density at radius 3 is 1.52 bits per heavy atom. The lowest BCUT2D eigenvalue weighted by molar-refractivity contribution is 0.454. The van der Waals surface area contributed by atoms with Crippen LogP contribution >= 0.6 is 12.6 Å². The van der Waals surface area contributed by atoms with E-state index in [1.165, 1.54) is 77.0 Å². The van der Waals surface area contributed by atoms with Gasteiger partial charge in [0.15, 0.2) is 0 Å². The fourth-order valence-electron chi connectivity index (χ4n) is 3.32. The summed E-state index contributed by atoms with van der Waals surface area (Å²) in [5, 5.41) is -0.587. The molecule has 5 heteroatoms. The third-order valence-electron chi connectivity index (χ3n) is 5.05. The molecule has 0 rings (SSSR count). The maximum Gasteiger partial charge on any atom is 0.267 e. The lowest BCUT2D eigenvalue weighted by atomic mass is 10.0. The smallest absolute Gasteiger partial charge is 0.267 e. The van der Waals surface area contributed by atoms with Gasteiger partial charge in [0, 0.05) is 5.25 Å². The molecule has 0 aliphatic heterocycles. The molecule has 0 radical (unpaired) electrons. The second-order valence-corrected chi connectivity index (χ2v) is 9.89. The van der Waals surface area contributed by atoms with Crippen LogP contribution in [0.3, 0.4) is 0 Å². The van der Waals surface area contributed by atoms with Crippen molar-refractivity contribution in [1.29, 1.82) is 0 Å². The minimum Gasteiger partial charge on any atom is -0.285 e. The highest BCUT2D eigenvalue weighted by Crippen LogP contribution is 2.20. The van der Waals surface area contributed by atoms with Crippen molar-refractivity contribution in [2.24, 2.45) is 0 Å². The summed E-state index contributed by atoms with van der Waals surface area (Å²) in [6, 6.07) is 0. The van der Waals surface area contributed by atoms with E-state index in [1.807, 2.05) is 0 Å². The van der Waals surface area contributed by atoms with Crippen molar-refractivity contribution >= 4 is 22.7 Å². The van der Waals surface area contributed by atoms with Crippen LogP contribution in [0.1, 0.15) is 117 Å². The monoisotopic (exact) mass is 394 g/mol. The summed E-state index contributed by atoms with van der Waals surface area (Å²) in [5.74, 6) is 0. The molecule has 0 aromatic carbocycles. The van der Waals surface area contributed by atoms with Gasteiger partial charge in [0.1, 0.15) is 0 Å². The number of hydrogen-bond acceptors (Lipinski definition) is 3. The van der Waals surface area contributed by atoms with E-state index >= 15 is 0 Å². The number of thiol groups is 1. The van der Waals surface area contributed by atoms with Gasteiger partial charge in [-0.1, -0.05) is 97.3 Å². The minimum absolute atomic E-state index is 0.0691. The van der Waals surface area contributed by atoms with Crippen LogP contribution in [0.15, 0.2) is 0 Å². The first-order valence-corrected chi connectivity index (χ1v) is 12.6. The maximum atomic E-state index is 11.2. The van der Waals surface area contributed by atoms with E-state index < -0.39 is 15.4 Å². The van der Waals surface area contributed by atoms with E-state index in [0.717, 1.165) is 12.8 Å². The highest BCUT2D eigenvalue weighted by molar-refractivity contribution is 7.86. The Morgan fingerprint density at radius 1 is 0.760 bits per heavy atom. The van der Waals surface area contributed by atoms with Gasteiger partial charge in [0.25, 0.3) is 10.1 Å². The maximum absolute atomic E-state index is 11.2. The fraction of sp³-hybridized carbons (Fsp3) is 1.00.